The average molecular weight is 299 g/mol. The van der Waals surface area contributed by atoms with E-state index in [0.717, 1.165) is 6.42 Å². The summed E-state index contributed by atoms with van der Waals surface area (Å²) in [5, 5.41) is 13.5. The fourth-order valence-corrected chi connectivity index (χ4v) is 2.13. The molecule has 2 aromatic rings. The molecule has 1 heterocycles. The Balaban J connectivity index is 2.04. The number of aliphatic hydroxyl groups is 1. The summed E-state index contributed by atoms with van der Waals surface area (Å²) in [4.78, 5) is 4.15. The van der Waals surface area contributed by atoms with Crippen molar-refractivity contribution in [2.45, 2.75) is 38.7 Å². The lowest BCUT2D eigenvalue weighted by Crippen LogP contribution is -2.10. The van der Waals surface area contributed by atoms with Crippen LogP contribution in [0.5, 0.6) is 0 Å². The highest BCUT2D eigenvalue weighted by Crippen LogP contribution is 2.19. The minimum Gasteiger partial charge on any atom is -0.393 e. The Kier molecular flexibility index (Phi) is 5.09. The number of hydrogen-bond donors (Lipinski definition) is 1. The smallest absolute Gasteiger partial charge is 0.229 e. The number of benzene rings is 1. The highest BCUT2D eigenvalue weighted by molar-refractivity contribution is 6.30. The van der Waals surface area contributed by atoms with Gasteiger partial charge in [0.1, 0.15) is 5.82 Å². The summed E-state index contributed by atoms with van der Waals surface area (Å²) in [5.41, 5.74) is 0.416. The summed E-state index contributed by atoms with van der Waals surface area (Å²) in [6, 6.07) is 4.79. The van der Waals surface area contributed by atoms with Crippen LogP contribution in [0.15, 0.2) is 22.7 Å². The molecule has 0 spiro atoms. The number of nitrogens with zero attached hydrogens (tertiary/aromatic N) is 2. The van der Waals surface area contributed by atoms with Gasteiger partial charge in [-0.25, -0.2) is 4.39 Å². The van der Waals surface area contributed by atoms with E-state index >= 15 is 0 Å². The second-order valence-corrected chi connectivity index (χ2v) is 5.05. The van der Waals surface area contributed by atoms with Crippen LogP contribution in [0.2, 0.25) is 5.02 Å². The van der Waals surface area contributed by atoms with E-state index in [-0.39, 0.29) is 11.4 Å². The van der Waals surface area contributed by atoms with Gasteiger partial charge in [0.25, 0.3) is 0 Å². The zero-order chi connectivity index (χ0) is 14.5. The first kappa shape index (κ1) is 14.9. The molecule has 1 aromatic heterocycles. The molecule has 0 fully saturated rings. The van der Waals surface area contributed by atoms with Gasteiger partial charge in [-0.2, -0.15) is 4.98 Å². The Morgan fingerprint density at radius 3 is 3.00 bits per heavy atom. The molecule has 6 heteroatoms. The van der Waals surface area contributed by atoms with Crippen molar-refractivity contribution >= 4 is 11.6 Å². The van der Waals surface area contributed by atoms with Gasteiger partial charge in [-0.1, -0.05) is 42.2 Å². The predicted octanol–water partition coefficient (Wildman–Crippen LogP) is 3.16. The molecular weight excluding hydrogens is 283 g/mol. The quantitative estimate of drug-likeness (QED) is 0.890. The fraction of sp³-hybridized carbons (Fsp3) is 0.429. The van der Waals surface area contributed by atoms with Gasteiger partial charge >= 0.3 is 0 Å². The van der Waals surface area contributed by atoms with E-state index in [2.05, 4.69) is 10.1 Å². The lowest BCUT2D eigenvalue weighted by molar-refractivity contribution is 0.151. The van der Waals surface area contributed by atoms with Crippen molar-refractivity contribution in [3.05, 3.63) is 46.3 Å². The van der Waals surface area contributed by atoms with Crippen LogP contribution in [0.25, 0.3) is 0 Å². The largest absolute Gasteiger partial charge is 0.393 e. The molecule has 0 saturated carbocycles. The van der Waals surface area contributed by atoms with Gasteiger partial charge in [-0.05, 0) is 18.1 Å². The van der Waals surface area contributed by atoms with Crippen LogP contribution in [0.4, 0.5) is 4.39 Å². The molecule has 1 atom stereocenters. The first-order valence-electron chi connectivity index (χ1n) is 6.52. The van der Waals surface area contributed by atoms with E-state index in [1.165, 1.54) is 6.07 Å². The van der Waals surface area contributed by atoms with Crippen LogP contribution >= 0.6 is 11.6 Å². The number of hydrogen-bond acceptors (Lipinski definition) is 4. The first-order valence-corrected chi connectivity index (χ1v) is 6.90. The normalized spacial score (nSPS) is 12.6. The van der Waals surface area contributed by atoms with Crippen LogP contribution in [-0.2, 0) is 12.8 Å². The van der Waals surface area contributed by atoms with Gasteiger partial charge in [0, 0.05) is 6.42 Å². The van der Waals surface area contributed by atoms with Crippen molar-refractivity contribution < 1.29 is 14.0 Å². The third-order valence-electron chi connectivity index (χ3n) is 2.92. The molecule has 0 saturated heterocycles. The van der Waals surface area contributed by atoms with Crippen LogP contribution in [0, 0.1) is 5.82 Å². The molecule has 0 bridgehead atoms. The van der Waals surface area contributed by atoms with Gasteiger partial charge < -0.3 is 9.63 Å². The molecule has 0 aliphatic rings. The van der Waals surface area contributed by atoms with E-state index in [4.69, 9.17) is 16.1 Å². The Morgan fingerprint density at radius 2 is 2.25 bits per heavy atom. The zero-order valence-corrected chi connectivity index (χ0v) is 11.9. The number of aromatic nitrogens is 2. The van der Waals surface area contributed by atoms with E-state index in [1.54, 1.807) is 12.1 Å². The molecule has 0 aliphatic carbocycles. The molecule has 20 heavy (non-hydrogen) atoms. The summed E-state index contributed by atoms with van der Waals surface area (Å²) in [6.07, 6.45) is 1.60. The SMILES string of the molecule is CCCC(O)Cc1nc(Cc2cccc(Cl)c2F)no1. The second kappa shape index (κ2) is 6.81. The van der Waals surface area contributed by atoms with Crippen LogP contribution in [-0.4, -0.2) is 21.4 Å². The highest BCUT2D eigenvalue weighted by atomic mass is 35.5. The monoisotopic (exact) mass is 298 g/mol. The molecule has 108 valence electrons. The molecule has 0 aliphatic heterocycles. The summed E-state index contributed by atoms with van der Waals surface area (Å²) >= 11 is 5.72. The molecule has 0 radical (unpaired) electrons. The summed E-state index contributed by atoms with van der Waals surface area (Å²) < 4.78 is 18.8. The lowest BCUT2D eigenvalue weighted by atomic mass is 10.1. The second-order valence-electron chi connectivity index (χ2n) is 4.64. The van der Waals surface area contributed by atoms with Crippen molar-refractivity contribution in [1.29, 1.82) is 0 Å². The average Bonchev–Trinajstić information content (AvgIpc) is 2.82. The predicted molar refractivity (Wildman–Crippen MR) is 73.1 cm³/mol. The molecule has 1 unspecified atom stereocenters. The van der Waals surface area contributed by atoms with Crippen molar-refractivity contribution in [1.82, 2.24) is 10.1 Å². The summed E-state index contributed by atoms with van der Waals surface area (Å²) in [6.45, 7) is 1.99. The Labute approximate surface area is 121 Å². The Bertz CT molecular complexity index is 574. The molecule has 1 aromatic carbocycles. The van der Waals surface area contributed by atoms with Crippen LogP contribution < -0.4 is 0 Å². The molecule has 1 N–H and O–H groups in total. The van der Waals surface area contributed by atoms with Crippen LogP contribution in [0.3, 0.4) is 0 Å². The van der Waals surface area contributed by atoms with E-state index in [9.17, 15) is 9.50 Å². The van der Waals surface area contributed by atoms with Gasteiger partial charge in [-0.3, -0.25) is 0 Å². The van der Waals surface area contributed by atoms with E-state index < -0.39 is 11.9 Å². The fourth-order valence-electron chi connectivity index (χ4n) is 1.94. The third-order valence-corrected chi connectivity index (χ3v) is 3.21. The molecule has 0 amide bonds. The maximum atomic E-state index is 13.7. The zero-order valence-electron chi connectivity index (χ0n) is 11.1. The maximum absolute atomic E-state index is 13.7. The highest BCUT2D eigenvalue weighted by Gasteiger charge is 2.14. The van der Waals surface area contributed by atoms with Crippen molar-refractivity contribution in [2.75, 3.05) is 0 Å². The van der Waals surface area contributed by atoms with Gasteiger partial charge in [0.2, 0.25) is 5.89 Å². The van der Waals surface area contributed by atoms with E-state index in [0.29, 0.717) is 30.1 Å². The summed E-state index contributed by atoms with van der Waals surface area (Å²) in [7, 11) is 0. The number of aliphatic hydroxyl groups excluding tert-OH is 1. The Morgan fingerprint density at radius 1 is 1.45 bits per heavy atom. The standard InChI is InChI=1S/C14H16ClFN2O2/c1-2-4-10(19)8-13-17-12(18-20-13)7-9-5-3-6-11(15)14(9)16/h3,5-6,10,19H,2,4,7-8H2,1H3. The van der Waals surface area contributed by atoms with E-state index in [1.807, 2.05) is 6.92 Å². The maximum Gasteiger partial charge on any atom is 0.229 e. The van der Waals surface area contributed by atoms with Gasteiger partial charge in [-0.15, -0.1) is 0 Å². The Hall–Kier alpha value is -1.46. The summed E-state index contributed by atoms with van der Waals surface area (Å²) in [5.74, 6) is 0.278. The molecule has 2 rings (SSSR count). The number of halogens is 2. The van der Waals surface area contributed by atoms with Gasteiger partial charge in [0.05, 0.1) is 17.5 Å². The molecule has 4 nitrogen and oxygen atoms in total. The molecular formula is C14H16ClFN2O2. The van der Waals surface area contributed by atoms with Crippen molar-refractivity contribution in [3.8, 4) is 0 Å². The lowest BCUT2D eigenvalue weighted by Gasteiger charge is -2.04. The van der Waals surface area contributed by atoms with Crippen molar-refractivity contribution in [2.24, 2.45) is 0 Å². The first-order chi connectivity index (χ1) is 9.60. The minimum absolute atomic E-state index is 0.0737. The minimum atomic E-state index is -0.490. The van der Waals surface area contributed by atoms with Crippen molar-refractivity contribution in [3.63, 3.8) is 0 Å². The topological polar surface area (TPSA) is 59.2 Å². The van der Waals surface area contributed by atoms with Gasteiger partial charge in [0.15, 0.2) is 5.82 Å². The third kappa shape index (κ3) is 3.77. The van der Waals surface area contributed by atoms with Crippen LogP contribution in [0.1, 0.15) is 37.0 Å². The number of rotatable bonds is 6.